The zero-order valence-corrected chi connectivity index (χ0v) is 31.7. The number of carbonyl (C=O) groups excluding carboxylic acids is 3. The summed E-state index contributed by atoms with van der Waals surface area (Å²) in [6.45, 7) is 5.02. The molecule has 1 aliphatic carbocycles. The number of hydrogen-bond donors (Lipinski definition) is 0. The number of aromatic nitrogens is 3. The van der Waals surface area contributed by atoms with Crippen molar-refractivity contribution in [1.82, 2.24) is 24.8 Å². The quantitative estimate of drug-likeness (QED) is 0.159. The van der Waals surface area contributed by atoms with E-state index in [1.165, 1.54) is 0 Å². The van der Waals surface area contributed by atoms with Crippen molar-refractivity contribution in [3.8, 4) is 23.3 Å². The summed E-state index contributed by atoms with van der Waals surface area (Å²) >= 11 is 0. The largest absolute Gasteiger partial charge is 0.497 e. The highest BCUT2D eigenvalue weighted by Gasteiger charge is 2.44. The first-order valence-electron chi connectivity index (χ1n) is 18.8. The molecule has 13 nitrogen and oxygen atoms in total. The molecule has 0 bridgehead atoms. The molecule has 3 atom stereocenters. The molecular formula is C42H46N6O7. The molecule has 7 rings (SSSR count). The van der Waals surface area contributed by atoms with Crippen LogP contribution in [0.1, 0.15) is 95.5 Å². The van der Waals surface area contributed by atoms with Gasteiger partial charge in [0.25, 0.3) is 5.91 Å². The summed E-state index contributed by atoms with van der Waals surface area (Å²) in [7, 11) is 3.12. The number of amides is 2. The van der Waals surface area contributed by atoms with E-state index in [1.807, 2.05) is 49.2 Å². The van der Waals surface area contributed by atoms with Crippen LogP contribution in [0.15, 0.2) is 60.8 Å². The lowest BCUT2D eigenvalue weighted by molar-refractivity contribution is -0.159. The van der Waals surface area contributed by atoms with Crippen molar-refractivity contribution in [2.75, 3.05) is 27.3 Å². The third kappa shape index (κ3) is 7.58. The zero-order chi connectivity index (χ0) is 38.6. The highest BCUT2D eigenvalue weighted by atomic mass is 16.5. The van der Waals surface area contributed by atoms with Crippen LogP contribution < -0.4 is 14.2 Å². The Hall–Kier alpha value is -5.90. The molecule has 13 heteroatoms. The molecule has 1 aromatic heterocycles. The van der Waals surface area contributed by atoms with Gasteiger partial charge in [0.1, 0.15) is 36.2 Å². The van der Waals surface area contributed by atoms with E-state index in [4.69, 9.17) is 18.9 Å². The second-order valence-corrected chi connectivity index (χ2v) is 14.6. The van der Waals surface area contributed by atoms with Crippen LogP contribution >= 0.6 is 0 Å². The van der Waals surface area contributed by atoms with E-state index in [9.17, 15) is 19.6 Å². The van der Waals surface area contributed by atoms with Gasteiger partial charge in [-0.15, -0.1) is 5.10 Å². The minimum atomic E-state index is -0.647. The smallest absolute Gasteiger partial charge is 0.310 e. The molecule has 1 fully saturated rings. The van der Waals surface area contributed by atoms with E-state index in [2.05, 4.69) is 16.4 Å². The van der Waals surface area contributed by atoms with E-state index in [1.54, 1.807) is 54.1 Å². The van der Waals surface area contributed by atoms with Gasteiger partial charge in [-0.2, -0.15) is 5.26 Å². The number of hydrogen-bond acceptors (Lipinski definition) is 10. The van der Waals surface area contributed by atoms with Crippen molar-refractivity contribution in [2.24, 2.45) is 11.8 Å². The van der Waals surface area contributed by atoms with Crippen LogP contribution in [0.5, 0.6) is 17.2 Å². The van der Waals surface area contributed by atoms with E-state index in [0.29, 0.717) is 77.5 Å². The Balaban J connectivity index is 1.20. The standard InChI is InChI=1S/C42H46N6O7/c1-26(2)48-22-30(44-45-48)25-54-37-16-14-27(20-43)32-17-18-47(36(39(32)37)23-46-21-28-9-5-6-10-33(28)40(46)49)41(50)34-11-7-8-12-35(34)42(51)55-24-29-13-15-31(52-3)19-38(29)53-4/h5-6,9-10,13-16,19,22,26,34-36H,7-8,11-12,17-18,21,23-25H2,1-4H3/t34-,35+,36-/m1/s1. The molecule has 3 aliphatic rings. The van der Waals surface area contributed by atoms with Gasteiger partial charge in [-0.1, -0.05) is 36.3 Å². The molecular weight excluding hydrogens is 700 g/mol. The van der Waals surface area contributed by atoms with E-state index < -0.39 is 23.8 Å². The third-order valence-electron chi connectivity index (χ3n) is 11.0. The normalized spacial score (nSPS) is 19.1. The van der Waals surface area contributed by atoms with Crippen LogP contribution in [0.2, 0.25) is 0 Å². The summed E-state index contributed by atoms with van der Waals surface area (Å²) in [6, 6.07) is 18.2. The highest BCUT2D eigenvalue weighted by Crippen LogP contribution is 2.43. The van der Waals surface area contributed by atoms with Gasteiger partial charge in [-0.3, -0.25) is 14.4 Å². The molecule has 0 radical (unpaired) electrons. The number of methoxy groups -OCH3 is 2. The molecule has 0 spiro atoms. The molecule has 55 heavy (non-hydrogen) atoms. The summed E-state index contributed by atoms with van der Waals surface area (Å²) in [5, 5.41) is 18.7. The third-order valence-corrected chi connectivity index (χ3v) is 11.0. The lowest BCUT2D eigenvalue weighted by Crippen LogP contribution is -2.50. The SMILES string of the molecule is COc1ccc(COC(=O)[C@H]2CCCC[C@H]2C(=O)N2CCc3c(C#N)ccc(OCc4cn(C(C)C)nn4)c3[C@H]2CN2Cc3ccccc3C2=O)c(OC)c1. The van der Waals surface area contributed by atoms with Crippen molar-refractivity contribution < 1.29 is 33.3 Å². The number of benzene rings is 3. The van der Waals surface area contributed by atoms with Gasteiger partial charge in [0, 0.05) is 48.4 Å². The summed E-state index contributed by atoms with van der Waals surface area (Å²) in [5.74, 6) is -0.316. The Morgan fingerprint density at radius 2 is 1.78 bits per heavy atom. The van der Waals surface area contributed by atoms with Crippen LogP contribution in [-0.2, 0) is 40.5 Å². The van der Waals surface area contributed by atoms with E-state index in [-0.39, 0.29) is 37.6 Å². The van der Waals surface area contributed by atoms with Crippen LogP contribution in [0, 0.1) is 23.2 Å². The predicted molar refractivity (Wildman–Crippen MR) is 200 cm³/mol. The van der Waals surface area contributed by atoms with Crippen molar-refractivity contribution in [2.45, 2.75) is 77.8 Å². The number of carbonyl (C=O) groups is 3. The van der Waals surface area contributed by atoms with Crippen molar-refractivity contribution >= 4 is 17.8 Å². The van der Waals surface area contributed by atoms with Crippen LogP contribution in [0.25, 0.3) is 0 Å². The zero-order valence-electron chi connectivity index (χ0n) is 31.7. The second-order valence-electron chi connectivity index (χ2n) is 14.6. The minimum absolute atomic E-state index is 0.0106. The molecule has 286 valence electrons. The Morgan fingerprint density at radius 3 is 2.51 bits per heavy atom. The van der Waals surface area contributed by atoms with Gasteiger partial charge in [0.2, 0.25) is 5.91 Å². The topological polar surface area (TPSA) is 149 Å². The monoisotopic (exact) mass is 746 g/mol. The average molecular weight is 747 g/mol. The molecule has 3 heterocycles. The van der Waals surface area contributed by atoms with Crippen LogP contribution in [0.4, 0.5) is 0 Å². The molecule has 4 aromatic rings. The van der Waals surface area contributed by atoms with Gasteiger partial charge >= 0.3 is 5.97 Å². The number of fused-ring (bicyclic) bond motifs is 2. The van der Waals surface area contributed by atoms with E-state index in [0.717, 1.165) is 24.0 Å². The maximum absolute atomic E-state index is 15.0. The van der Waals surface area contributed by atoms with E-state index >= 15 is 0 Å². The number of nitriles is 1. The van der Waals surface area contributed by atoms with Gasteiger partial charge in [0.05, 0.1) is 49.9 Å². The first kappa shape index (κ1) is 37.4. The van der Waals surface area contributed by atoms with Gasteiger partial charge in [-0.25, -0.2) is 4.68 Å². The Bertz CT molecular complexity index is 2120. The molecule has 2 amide bonds. The Labute approximate surface area is 320 Å². The summed E-state index contributed by atoms with van der Waals surface area (Å²) in [5.41, 5.74) is 4.85. The number of ether oxygens (including phenoxy) is 4. The lowest BCUT2D eigenvalue weighted by Gasteiger charge is -2.43. The molecule has 0 unspecified atom stereocenters. The molecule has 0 N–H and O–H groups in total. The van der Waals surface area contributed by atoms with Crippen LogP contribution in [0.3, 0.4) is 0 Å². The minimum Gasteiger partial charge on any atom is -0.497 e. The molecule has 1 saturated carbocycles. The van der Waals surface area contributed by atoms with Gasteiger partial charge in [-0.05, 0) is 74.6 Å². The first-order valence-corrected chi connectivity index (χ1v) is 18.8. The summed E-state index contributed by atoms with van der Waals surface area (Å²) in [6.07, 6.45) is 4.89. The van der Waals surface area contributed by atoms with Crippen molar-refractivity contribution in [3.05, 3.63) is 99.9 Å². The highest BCUT2D eigenvalue weighted by molar-refractivity contribution is 5.98. The fourth-order valence-corrected chi connectivity index (χ4v) is 8.11. The Kier molecular flexibility index (Phi) is 11.0. The first-order chi connectivity index (χ1) is 26.7. The van der Waals surface area contributed by atoms with Gasteiger partial charge < -0.3 is 28.7 Å². The number of rotatable bonds is 12. The lowest BCUT2D eigenvalue weighted by atomic mass is 9.77. The number of nitrogens with zero attached hydrogens (tertiary/aromatic N) is 6. The fourth-order valence-electron chi connectivity index (χ4n) is 8.11. The maximum atomic E-state index is 15.0. The van der Waals surface area contributed by atoms with Crippen molar-refractivity contribution in [1.29, 1.82) is 5.26 Å². The van der Waals surface area contributed by atoms with Crippen molar-refractivity contribution in [3.63, 3.8) is 0 Å². The fraction of sp³-hybridized carbons (Fsp3) is 0.429. The Morgan fingerprint density at radius 1 is 0.982 bits per heavy atom. The second kappa shape index (κ2) is 16.2. The van der Waals surface area contributed by atoms with Gasteiger partial charge in [0.15, 0.2) is 0 Å². The molecule has 2 aliphatic heterocycles. The number of esters is 1. The summed E-state index contributed by atoms with van der Waals surface area (Å²) < 4.78 is 24.9. The average Bonchev–Trinajstić information content (AvgIpc) is 3.83. The molecule has 3 aromatic carbocycles. The van der Waals surface area contributed by atoms with Crippen LogP contribution in [-0.4, -0.2) is 69.9 Å². The molecule has 0 saturated heterocycles. The maximum Gasteiger partial charge on any atom is 0.310 e. The predicted octanol–water partition coefficient (Wildman–Crippen LogP) is 5.96. The summed E-state index contributed by atoms with van der Waals surface area (Å²) in [4.78, 5) is 46.2.